The summed E-state index contributed by atoms with van der Waals surface area (Å²) in [5.41, 5.74) is 2.82. The van der Waals surface area contributed by atoms with Gasteiger partial charge in [-0.25, -0.2) is 14.1 Å². The van der Waals surface area contributed by atoms with Crippen LogP contribution in [0.2, 0.25) is 5.02 Å². The quantitative estimate of drug-likeness (QED) is 0.395. The van der Waals surface area contributed by atoms with Gasteiger partial charge in [0.1, 0.15) is 18.1 Å². The zero-order valence-electron chi connectivity index (χ0n) is 20.8. The summed E-state index contributed by atoms with van der Waals surface area (Å²) >= 11 is 6.65. The van der Waals surface area contributed by atoms with Gasteiger partial charge in [0.15, 0.2) is 0 Å². The van der Waals surface area contributed by atoms with Crippen LogP contribution in [0, 0.1) is 5.82 Å². The number of hydrogen-bond acceptors (Lipinski definition) is 4. The molecule has 2 aromatic rings. The van der Waals surface area contributed by atoms with Gasteiger partial charge in [-0.15, -0.1) is 0 Å². The number of imide groups is 1. The van der Waals surface area contributed by atoms with Crippen molar-refractivity contribution in [1.82, 2.24) is 10.2 Å². The lowest BCUT2D eigenvalue weighted by atomic mass is 9.79. The molecular weight excluding hydrogens is 483 g/mol. The van der Waals surface area contributed by atoms with Gasteiger partial charge in [0.05, 0.1) is 5.69 Å². The lowest BCUT2D eigenvalue weighted by Gasteiger charge is -2.47. The number of carbonyl (C=O) groups is 3. The summed E-state index contributed by atoms with van der Waals surface area (Å²) in [6.07, 6.45) is 3.51. The van der Waals surface area contributed by atoms with Crippen LogP contribution >= 0.6 is 11.6 Å². The number of fused-ring (bicyclic) bond motifs is 1. The van der Waals surface area contributed by atoms with Gasteiger partial charge >= 0.3 is 6.03 Å². The van der Waals surface area contributed by atoms with Crippen LogP contribution in [0.5, 0.6) is 0 Å². The van der Waals surface area contributed by atoms with E-state index in [1.165, 1.54) is 24.3 Å². The van der Waals surface area contributed by atoms with E-state index in [1.807, 2.05) is 12.1 Å². The third kappa shape index (κ3) is 4.95. The second kappa shape index (κ2) is 9.93. The van der Waals surface area contributed by atoms with Gasteiger partial charge in [-0.3, -0.25) is 9.59 Å². The molecule has 2 aliphatic rings. The molecule has 2 aliphatic heterocycles. The molecule has 9 heteroatoms. The highest BCUT2D eigenvalue weighted by atomic mass is 35.5. The Morgan fingerprint density at radius 2 is 2.00 bits per heavy atom. The Hall–Kier alpha value is -3.39. The van der Waals surface area contributed by atoms with Gasteiger partial charge in [-0.1, -0.05) is 37.6 Å². The first-order valence-corrected chi connectivity index (χ1v) is 12.4. The Kier molecular flexibility index (Phi) is 7.09. The van der Waals surface area contributed by atoms with Gasteiger partial charge in [0, 0.05) is 22.8 Å². The second-order valence-corrected chi connectivity index (χ2v) is 10.3. The van der Waals surface area contributed by atoms with Gasteiger partial charge < -0.3 is 15.5 Å². The number of para-hydroxylation sites is 1. The minimum Gasteiger partial charge on any atom is -0.366 e. The average Bonchev–Trinajstić information content (AvgIpc) is 3.06. The van der Waals surface area contributed by atoms with E-state index in [0.29, 0.717) is 10.6 Å². The van der Waals surface area contributed by atoms with Gasteiger partial charge in [0.25, 0.3) is 5.91 Å². The van der Waals surface area contributed by atoms with Crippen molar-refractivity contribution >= 4 is 46.9 Å². The highest BCUT2D eigenvalue weighted by Gasteiger charge is 2.37. The van der Waals surface area contributed by atoms with Gasteiger partial charge in [-0.2, -0.15) is 0 Å². The van der Waals surface area contributed by atoms with E-state index >= 15 is 0 Å². The van der Waals surface area contributed by atoms with Crippen LogP contribution in [-0.2, 0) is 9.59 Å². The molecule has 1 fully saturated rings. The third-order valence-electron chi connectivity index (χ3n) is 6.66. The van der Waals surface area contributed by atoms with Crippen molar-refractivity contribution in [3.63, 3.8) is 0 Å². The molecule has 1 saturated heterocycles. The van der Waals surface area contributed by atoms with Crippen molar-refractivity contribution in [3.8, 4) is 0 Å². The zero-order valence-corrected chi connectivity index (χ0v) is 21.6. The zero-order chi connectivity index (χ0) is 26.2. The molecule has 1 unspecified atom stereocenters. The summed E-state index contributed by atoms with van der Waals surface area (Å²) in [7, 11) is 0. The molecule has 0 bridgehead atoms. The fourth-order valence-corrected chi connectivity index (χ4v) is 5.26. The maximum absolute atomic E-state index is 13.8. The standard InChI is InChI=1S/C27H30ClFN4O3/c1-5-10-33-23-13-19(28)17(11-18(23)16(2)14-27(33,3)4)12-22-25(35)32(26(36)31-22)15-24(34)30-21-9-7-6-8-20(21)29/h6-9,11-13,16H,5,10,14-15H2,1-4H3,(H,30,34)(H,31,36)/b22-12+. The largest absolute Gasteiger partial charge is 0.366 e. The third-order valence-corrected chi connectivity index (χ3v) is 6.99. The highest BCUT2D eigenvalue weighted by Crippen LogP contribution is 2.45. The summed E-state index contributed by atoms with van der Waals surface area (Å²) in [5, 5.41) is 5.36. The van der Waals surface area contributed by atoms with E-state index in [-0.39, 0.29) is 22.8 Å². The number of benzene rings is 2. The molecule has 4 rings (SSSR count). The molecule has 4 amide bonds. The number of hydrogen-bond donors (Lipinski definition) is 2. The smallest absolute Gasteiger partial charge is 0.329 e. The molecule has 0 spiro atoms. The van der Waals surface area contributed by atoms with E-state index in [1.54, 1.807) is 6.07 Å². The van der Waals surface area contributed by atoms with Gasteiger partial charge in [0.2, 0.25) is 5.91 Å². The first-order chi connectivity index (χ1) is 17.0. The first-order valence-electron chi connectivity index (χ1n) is 12.0. The first kappa shape index (κ1) is 25.7. The van der Waals surface area contributed by atoms with Crippen molar-refractivity contribution in [2.75, 3.05) is 23.3 Å². The molecule has 36 heavy (non-hydrogen) atoms. The van der Waals surface area contributed by atoms with Crippen molar-refractivity contribution in [2.24, 2.45) is 0 Å². The molecule has 2 N–H and O–H groups in total. The highest BCUT2D eigenvalue weighted by molar-refractivity contribution is 6.32. The molecule has 1 atom stereocenters. The Balaban J connectivity index is 1.57. The molecule has 7 nitrogen and oxygen atoms in total. The van der Waals surface area contributed by atoms with Gasteiger partial charge in [-0.05, 0) is 74.1 Å². The van der Waals surface area contributed by atoms with E-state index in [9.17, 15) is 18.8 Å². The number of nitrogens with one attached hydrogen (secondary N) is 2. The fraction of sp³-hybridized carbons (Fsp3) is 0.370. The minimum absolute atomic E-state index is 0.00906. The normalized spacial score (nSPS) is 19.9. The molecule has 0 saturated carbocycles. The SMILES string of the molecule is CCCN1c2cc(Cl)c(/C=C3/NC(=O)N(CC(=O)Nc4ccccc4F)C3=O)cc2C(C)CC1(C)C. The summed E-state index contributed by atoms with van der Waals surface area (Å²) < 4.78 is 13.8. The molecule has 2 heterocycles. The number of nitrogens with zero attached hydrogens (tertiary/aromatic N) is 2. The number of halogens is 2. The van der Waals surface area contributed by atoms with Crippen LogP contribution in [0.15, 0.2) is 42.1 Å². The van der Waals surface area contributed by atoms with E-state index in [4.69, 9.17) is 11.6 Å². The van der Waals surface area contributed by atoms with E-state index < -0.39 is 30.2 Å². The summed E-state index contributed by atoms with van der Waals surface area (Å²) in [5.74, 6) is -1.67. The predicted octanol–water partition coefficient (Wildman–Crippen LogP) is 5.51. The monoisotopic (exact) mass is 512 g/mol. The summed E-state index contributed by atoms with van der Waals surface area (Å²) in [6.45, 7) is 9.14. The average molecular weight is 513 g/mol. The number of amides is 4. The second-order valence-electron chi connectivity index (χ2n) is 9.91. The minimum atomic E-state index is -0.728. The van der Waals surface area contributed by atoms with Crippen LogP contribution in [-0.4, -0.2) is 41.4 Å². The topological polar surface area (TPSA) is 81.8 Å². The van der Waals surface area contributed by atoms with E-state index in [2.05, 4.69) is 43.2 Å². The summed E-state index contributed by atoms with van der Waals surface area (Å²) in [4.78, 5) is 40.9. The predicted molar refractivity (Wildman–Crippen MR) is 139 cm³/mol. The molecule has 0 aromatic heterocycles. The maximum Gasteiger partial charge on any atom is 0.329 e. The lowest BCUT2D eigenvalue weighted by molar-refractivity contribution is -0.127. The number of carbonyl (C=O) groups excluding carboxylic acids is 3. The van der Waals surface area contributed by atoms with Crippen molar-refractivity contribution < 1.29 is 18.8 Å². The fourth-order valence-electron chi connectivity index (χ4n) is 5.05. The lowest BCUT2D eigenvalue weighted by Crippen LogP contribution is -2.48. The van der Waals surface area contributed by atoms with Crippen molar-refractivity contribution in [2.45, 2.75) is 52.0 Å². The molecule has 190 valence electrons. The van der Waals surface area contributed by atoms with Crippen molar-refractivity contribution in [1.29, 1.82) is 0 Å². The Labute approximate surface area is 215 Å². The Bertz CT molecular complexity index is 1260. The molecule has 0 aliphatic carbocycles. The number of urea groups is 1. The van der Waals surface area contributed by atoms with Crippen LogP contribution in [0.25, 0.3) is 6.08 Å². The van der Waals surface area contributed by atoms with Crippen LogP contribution in [0.1, 0.15) is 57.6 Å². The molecule has 2 aromatic carbocycles. The van der Waals surface area contributed by atoms with E-state index in [0.717, 1.165) is 35.5 Å². The van der Waals surface area contributed by atoms with Crippen LogP contribution in [0.3, 0.4) is 0 Å². The van der Waals surface area contributed by atoms with Crippen molar-refractivity contribution in [3.05, 3.63) is 64.1 Å². The summed E-state index contributed by atoms with van der Waals surface area (Å²) in [6, 6.07) is 8.83. The maximum atomic E-state index is 13.8. The van der Waals surface area contributed by atoms with Crippen LogP contribution < -0.4 is 15.5 Å². The number of anilines is 2. The number of rotatable bonds is 6. The Morgan fingerprint density at radius 1 is 1.28 bits per heavy atom. The van der Waals surface area contributed by atoms with Crippen LogP contribution in [0.4, 0.5) is 20.6 Å². The Morgan fingerprint density at radius 3 is 2.69 bits per heavy atom. The molecule has 0 radical (unpaired) electrons. The molecular formula is C27H30ClFN4O3.